The molecule has 0 spiro atoms. The van der Waals surface area contributed by atoms with Crippen LogP contribution in [-0.4, -0.2) is 17.4 Å². The van der Waals surface area contributed by atoms with Gasteiger partial charge in [0.2, 0.25) is 5.91 Å². The van der Waals surface area contributed by atoms with E-state index in [-0.39, 0.29) is 5.91 Å². The SMILES string of the molecule is CC(=O)Nc1cc2c(c(-c3cccc(C)c3C)n1)CCCN2. The van der Waals surface area contributed by atoms with Crippen molar-refractivity contribution < 1.29 is 4.79 Å². The number of aryl methyl sites for hydroxylation is 1. The third-order valence-corrected chi connectivity index (χ3v) is 4.21. The Hall–Kier alpha value is -2.36. The van der Waals surface area contributed by atoms with E-state index in [2.05, 4.69) is 42.7 Å². The lowest BCUT2D eigenvalue weighted by atomic mass is 9.93. The van der Waals surface area contributed by atoms with Gasteiger partial charge >= 0.3 is 0 Å². The molecule has 1 aliphatic heterocycles. The fraction of sp³-hybridized carbons (Fsp3) is 0.333. The van der Waals surface area contributed by atoms with E-state index in [1.54, 1.807) is 0 Å². The monoisotopic (exact) mass is 295 g/mol. The number of nitrogens with zero attached hydrogens (tertiary/aromatic N) is 1. The number of carbonyl (C=O) groups excluding carboxylic acids is 1. The Kier molecular flexibility index (Phi) is 3.84. The molecule has 0 saturated carbocycles. The number of aromatic nitrogens is 1. The first kappa shape index (κ1) is 14.6. The highest BCUT2D eigenvalue weighted by Crippen LogP contribution is 2.35. The Morgan fingerprint density at radius 1 is 1.32 bits per heavy atom. The third kappa shape index (κ3) is 2.69. The number of pyridine rings is 1. The number of amides is 1. The first-order valence-corrected chi connectivity index (χ1v) is 7.68. The van der Waals surface area contributed by atoms with Crippen molar-refractivity contribution in [1.82, 2.24) is 4.98 Å². The quantitative estimate of drug-likeness (QED) is 0.888. The van der Waals surface area contributed by atoms with Crippen molar-refractivity contribution in [2.45, 2.75) is 33.6 Å². The average molecular weight is 295 g/mol. The molecule has 0 atom stereocenters. The number of nitrogens with one attached hydrogen (secondary N) is 2. The number of anilines is 2. The average Bonchev–Trinajstić information content (AvgIpc) is 2.49. The summed E-state index contributed by atoms with van der Waals surface area (Å²) in [5.41, 5.74) is 6.95. The van der Waals surface area contributed by atoms with Gasteiger partial charge in [0, 0.05) is 36.3 Å². The highest BCUT2D eigenvalue weighted by Gasteiger charge is 2.19. The summed E-state index contributed by atoms with van der Waals surface area (Å²) in [4.78, 5) is 16.1. The van der Waals surface area contributed by atoms with Crippen molar-refractivity contribution in [2.24, 2.45) is 0 Å². The van der Waals surface area contributed by atoms with E-state index in [4.69, 9.17) is 4.98 Å². The summed E-state index contributed by atoms with van der Waals surface area (Å²) >= 11 is 0. The molecular weight excluding hydrogens is 274 g/mol. The van der Waals surface area contributed by atoms with Crippen LogP contribution in [0.4, 0.5) is 11.5 Å². The fourth-order valence-electron chi connectivity index (χ4n) is 2.95. The summed E-state index contributed by atoms with van der Waals surface area (Å²) in [5.74, 6) is 0.506. The number of benzene rings is 1. The van der Waals surface area contributed by atoms with Crippen LogP contribution in [0.25, 0.3) is 11.3 Å². The summed E-state index contributed by atoms with van der Waals surface area (Å²) < 4.78 is 0. The van der Waals surface area contributed by atoms with Crippen molar-refractivity contribution in [3.63, 3.8) is 0 Å². The highest BCUT2D eigenvalue weighted by atomic mass is 16.1. The molecule has 2 aromatic rings. The summed E-state index contributed by atoms with van der Waals surface area (Å²) in [6, 6.07) is 8.22. The summed E-state index contributed by atoms with van der Waals surface area (Å²) in [6.45, 7) is 6.70. The molecular formula is C18H21N3O. The second-order valence-electron chi connectivity index (χ2n) is 5.84. The van der Waals surface area contributed by atoms with E-state index < -0.39 is 0 Å². The topological polar surface area (TPSA) is 54.0 Å². The van der Waals surface area contributed by atoms with Gasteiger partial charge in [-0.3, -0.25) is 4.79 Å². The van der Waals surface area contributed by atoms with E-state index in [0.717, 1.165) is 36.3 Å². The Morgan fingerprint density at radius 2 is 2.14 bits per heavy atom. The molecule has 1 aromatic carbocycles. The molecule has 1 aliphatic rings. The van der Waals surface area contributed by atoms with E-state index in [1.807, 2.05) is 6.07 Å². The zero-order valence-electron chi connectivity index (χ0n) is 13.3. The molecule has 114 valence electrons. The maximum Gasteiger partial charge on any atom is 0.222 e. The minimum atomic E-state index is -0.102. The number of fused-ring (bicyclic) bond motifs is 1. The molecule has 4 heteroatoms. The number of hydrogen-bond donors (Lipinski definition) is 2. The zero-order valence-corrected chi connectivity index (χ0v) is 13.3. The predicted molar refractivity (Wildman–Crippen MR) is 90.3 cm³/mol. The molecule has 1 amide bonds. The lowest BCUT2D eigenvalue weighted by Crippen LogP contribution is -2.16. The normalized spacial score (nSPS) is 13.2. The zero-order chi connectivity index (χ0) is 15.7. The predicted octanol–water partition coefficient (Wildman–Crippen LogP) is 3.68. The standard InChI is InChI=1S/C18H21N3O/c1-11-6-4-7-14(12(11)2)18-15-8-5-9-19-16(15)10-17(21-18)20-13(3)22/h4,6-7,10,19H,5,8-9H2,1-3H3,(H,20,21,22). The second-order valence-corrected chi connectivity index (χ2v) is 5.84. The number of hydrogen-bond acceptors (Lipinski definition) is 3. The summed E-state index contributed by atoms with van der Waals surface area (Å²) in [7, 11) is 0. The number of carbonyl (C=O) groups is 1. The van der Waals surface area contributed by atoms with Gasteiger partial charge in [-0.1, -0.05) is 18.2 Å². The van der Waals surface area contributed by atoms with Gasteiger partial charge in [0.1, 0.15) is 5.82 Å². The minimum absolute atomic E-state index is 0.102. The molecule has 0 aliphatic carbocycles. The van der Waals surface area contributed by atoms with Crippen LogP contribution in [-0.2, 0) is 11.2 Å². The second kappa shape index (κ2) is 5.79. The van der Waals surface area contributed by atoms with Crippen LogP contribution in [0, 0.1) is 13.8 Å². The molecule has 4 nitrogen and oxygen atoms in total. The van der Waals surface area contributed by atoms with E-state index in [0.29, 0.717) is 5.82 Å². The van der Waals surface area contributed by atoms with Gasteiger partial charge in [0.15, 0.2) is 0 Å². The van der Waals surface area contributed by atoms with Gasteiger partial charge in [0.05, 0.1) is 5.69 Å². The first-order valence-electron chi connectivity index (χ1n) is 7.68. The van der Waals surface area contributed by atoms with Crippen molar-refractivity contribution in [3.05, 3.63) is 41.0 Å². The molecule has 22 heavy (non-hydrogen) atoms. The highest BCUT2D eigenvalue weighted by molar-refractivity contribution is 5.89. The van der Waals surface area contributed by atoms with Gasteiger partial charge in [-0.2, -0.15) is 0 Å². The Balaban J connectivity index is 2.20. The molecule has 2 heterocycles. The van der Waals surface area contributed by atoms with Crippen molar-refractivity contribution in [2.75, 3.05) is 17.2 Å². The molecule has 1 aromatic heterocycles. The summed E-state index contributed by atoms with van der Waals surface area (Å²) in [6.07, 6.45) is 2.12. The lowest BCUT2D eigenvalue weighted by molar-refractivity contribution is -0.114. The van der Waals surface area contributed by atoms with E-state index >= 15 is 0 Å². The van der Waals surface area contributed by atoms with Crippen LogP contribution in [0.15, 0.2) is 24.3 Å². The van der Waals surface area contributed by atoms with Gasteiger partial charge in [-0.15, -0.1) is 0 Å². The lowest BCUT2D eigenvalue weighted by Gasteiger charge is -2.23. The van der Waals surface area contributed by atoms with Gasteiger partial charge in [-0.25, -0.2) is 4.98 Å². The van der Waals surface area contributed by atoms with Crippen LogP contribution in [0.1, 0.15) is 30.0 Å². The smallest absolute Gasteiger partial charge is 0.222 e. The third-order valence-electron chi connectivity index (χ3n) is 4.21. The molecule has 0 radical (unpaired) electrons. The van der Waals surface area contributed by atoms with Crippen LogP contribution >= 0.6 is 0 Å². The van der Waals surface area contributed by atoms with Crippen LogP contribution in [0.3, 0.4) is 0 Å². The Morgan fingerprint density at radius 3 is 2.91 bits per heavy atom. The van der Waals surface area contributed by atoms with Crippen molar-refractivity contribution in [3.8, 4) is 11.3 Å². The fourth-order valence-corrected chi connectivity index (χ4v) is 2.95. The van der Waals surface area contributed by atoms with E-state index in [1.165, 1.54) is 23.6 Å². The molecule has 0 saturated heterocycles. The molecule has 0 unspecified atom stereocenters. The minimum Gasteiger partial charge on any atom is -0.385 e. The maximum absolute atomic E-state index is 11.4. The van der Waals surface area contributed by atoms with Crippen molar-refractivity contribution in [1.29, 1.82) is 0 Å². The van der Waals surface area contributed by atoms with Gasteiger partial charge in [-0.05, 0) is 37.8 Å². The van der Waals surface area contributed by atoms with Crippen LogP contribution in [0.5, 0.6) is 0 Å². The van der Waals surface area contributed by atoms with Gasteiger partial charge < -0.3 is 10.6 Å². The molecule has 0 bridgehead atoms. The van der Waals surface area contributed by atoms with Gasteiger partial charge in [0.25, 0.3) is 0 Å². The molecule has 0 fully saturated rings. The maximum atomic E-state index is 11.4. The molecule has 2 N–H and O–H groups in total. The number of rotatable bonds is 2. The molecule has 3 rings (SSSR count). The van der Waals surface area contributed by atoms with Crippen LogP contribution < -0.4 is 10.6 Å². The Labute approximate surface area is 131 Å². The summed E-state index contributed by atoms with van der Waals surface area (Å²) in [5, 5.41) is 6.24. The van der Waals surface area contributed by atoms with Crippen molar-refractivity contribution >= 4 is 17.4 Å². The largest absolute Gasteiger partial charge is 0.385 e. The van der Waals surface area contributed by atoms with E-state index in [9.17, 15) is 4.79 Å². The van der Waals surface area contributed by atoms with Crippen LogP contribution in [0.2, 0.25) is 0 Å². The first-order chi connectivity index (χ1) is 10.6. The Bertz CT molecular complexity index is 737.